The normalized spacial score (nSPS) is 15.3. The van der Waals surface area contributed by atoms with E-state index in [4.69, 9.17) is 4.52 Å². The molecule has 0 aliphatic heterocycles. The summed E-state index contributed by atoms with van der Waals surface area (Å²) in [5, 5.41) is 11.5. The van der Waals surface area contributed by atoms with Crippen LogP contribution in [0.15, 0.2) is 27.4 Å². The molecule has 3 rings (SSSR count). The van der Waals surface area contributed by atoms with Gasteiger partial charge in [-0.25, -0.2) is 0 Å². The van der Waals surface area contributed by atoms with Crippen molar-refractivity contribution in [1.29, 1.82) is 0 Å². The summed E-state index contributed by atoms with van der Waals surface area (Å²) in [5.74, 6) is 0.965. The van der Waals surface area contributed by atoms with Crippen molar-refractivity contribution in [1.82, 2.24) is 15.4 Å². The Hall–Kier alpha value is -1.17. The molecule has 0 spiro atoms. The molecule has 0 unspecified atom stereocenters. The smallest absolute Gasteiger partial charge is 0.151 e. The predicted molar refractivity (Wildman–Crippen MR) is 75.9 cm³/mol. The van der Waals surface area contributed by atoms with Gasteiger partial charge in [0.15, 0.2) is 5.76 Å². The highest BCUT2D eigenvalue weighted by Crippen LogP contribution is 2.30. The van der Waals surface area contributed by atoms with E-state index in [-0.39, 0.29) is 0 Å². The third-order valence-electron chi connectivity index (χ3n) is 3.35. The zero-order chi connectivity index (χ0) is 13.1. The fourth-order valence-electron chi connectivity index (χ4n) is 2.27. The minimum atomic E-state index is 0.720. The zero-order valence-electron chi connectivity index (χ0n) is 11.1. The molecule has 1 aliphatic carbocycles. The SMILES string of the molecule is CNCc1cc(CN(Cc2ccsc2)C2CC2)on1. The van der Waals surface area contributed by atoms with Crippen molar-refractivity contribution in [2.24, 2.45) is 0 Å². The van der Waals surface area contributed by atoms with Gasteiger partial charge in [0.25, 0.3) is 0 Å². The first-order valence-electron chi connectivity index (χ1n) is 6.69. The Morgan fingerprint density at radius 2 is 2.37 bits per heavy atom. The van der Waals surface area contributed by atoms with Gasteiger partial charge in [-0.05, 0) is 42.3 Å². The largest absolute Gasteiger partial charge is 0.360 e. The van der Waals surface area contributed by atoms with E-state index in [1.54, 1.807) is 11.3 Å². The molecule has 19 heavy (non-hydrogen) atoms. The van der Waals surface area contributed by atoms with E-state index in [0.29, 0.717) is 0 Å². The first-order chi connectivity index (χ1) is 9.35. The Balaban J connectivity index is 1.63. The summed E-state index contributed by atoms with van der Waals surface area (Å²) in [5.41, 5.74) is 2.37. The maximum absolute atomic E-state index is 5.42. The van der Waals surface area contributed by atoms with E-state index in [9.17, 15) is 0 Å². The summed E-state index contributed by atoms with van der Waals surface area (Å²) < 4.78 is 5.42. The second-order valence-corrected chi connectivity index (χ2v) is 5.86. The first-order valence-corrected chi connectivity index (χ1v) is 7.63. The molecular weight excluding hydrogens is 258 g/mol. The fraction of sp³-hybridized carbons (Fsp3) is 0.500. The average molecular weight is 277 g/mol. The van der Waals surface area contributed by atoms with E-state index >= 15 is 0 Å². The standard InChI is InChI=1S/C14H19N3OS/c1-15-7-12-6-14(18-16-12)9-17(13-2-3-13)8-11-4-5-19-10-11/h4-6,10,13,15H,2-3,7-9H2,1H3. The first kappa shape index (κ1) is 12.8. The van der Waals surface area contributed by atoms with Crippen LogP contribution in [0, 0.1) is 0 Å². The topological polar surface area (TPSA) is 41.3 Å². The highest BCUT2D eigenvalue weighted by Gasteiger charge is 2.29. The highest BCUT2D eigenvalue weighted by atomic mass is 32.1. The van der Waals surface area contributed by atoms with Crippen molar-refractivity contribution >= 4 is 11.3 Å². The molecule has 0 atom stereocenters. The van der Waals surface area contributed by atoms with Crippen molar-refractivity contribution in [3.8, 4) is 0 Å². The second kappa shape index (κ2) is 5.86. The molecule has 0 aromatic carbocycles. The number of hydrogen-bond donors (Lipinski definition) is 1. The third-order valence-corrected chi connectivity index (χ3v) is 4.09. The lowest BCUT2D eigenvalue weighted by Crippen LogP contribution is -2.24. The van der Waals surface area contributed by atoms with Crippen LogP contribution in [0.2, 0.25) is 0 Å². The van der Waals surface area contributed by atoms with Crippen molar-refractivity contribution < 1.29 is 4.52 Å². The van der Waals surface area contributed by atoms with E-state index < -0.39 is 0 Å². The molecule has 2 aromatic heterocycles. The van der Waals surface area contributed by atoms with Crippen molar-refractivity contribution in [3.05, 3.63) is 39.9 Å². The van der Waals surface area contributed by atoms with E-state index in [0.717, 1.165) is 37.1 Å². The van der Waals surface area contributed by atoms with Gasteiger partial charge in [-0.1, -0.05) is 5.16 Å². The second-order valence-electron chi connectivity index (χ2n) is 5.08. The Bertz CT molecular complexity index is 505. The minimum Gasteiger partial charge on any atom is -0.360 e. The predicted octanol–water partition coefficient (Wildman–Crippen LogP) is 2.62. The van der Waals surface area contributed by atoms with E-state index in [1.807, 2.05) is 7.05 Å². The molecule has 0 radical (unpaired) electrons. The van der Waals surface area contributed by atoms with Crippen molar-refractivity contribution in [2.45, 2.75) is 38.5 Å². The maximum atomic E-state index is 5.42. The molecule has 0 bridgehead atoms. The van der Waals surface area contributed by atoms with E-state index in [2.05, 4.69) is 38.3 Å². The Labute approximate surface area is 117 Å². The Kier molecular flexibility index (Phi) is 3.96. The molecule has 5 heteroatoms. The molecule has 1 aliphatic rings. The van der Waals surface area contributed by atoms with Crippen LogP contribution < -0.4 is 5.32 Å². The highest BCUT2D eigenvalue weighted by molar-refractivity contribution is 7.07. The number of nitrogens with zero attached hydrogens (tertiary/aromatic N) is 2. The molecule has 0 amide bonds. The Morgan fingerprint density at radius 3 is 3.05 bits per heavy atom. The van der Waals surface area contributed by atoms with Crippen LogP contribution in [0.3, 0.4) is 0 Å². The summed E-state index contributed by atoms with van der Waals surface area (Å²) in [6, 6.07) is 4.98. The minimum absolute atomic E-state index is 0.720. The van der Waals surface area contributed by atoms with Crippen LogP contribution in [0.25, 0.3) is 0 Å². The van der Waals surface area contributed by atoms with E-state index in [1.165, 1.54) is 18.4 Å². The number of hydrogen-bond acceptors (Lipinski definition) is 5. The summed E-state index contributed by atoms with van der Waals surface area (Å²) in [4.78, 5) is 2.49. The van der Waals surface area contributed by atoms with Crippen molar-refractivity contribution in [2.75, 3.05) is 7.05 Å². The summed E-state index contributed by atoms with van der Waals surface area (Å²) in [6.07, 6.45) is 2.61. The zero-order valence-corrected chi connectivity index (χ0v) is 11.9. The summed E-state index contributed by atoms with van der Waals surface area (Å²) in [6.45, 7) is 2.63. The van der Waals surface area contributed by atoms with Crippen LogP contribution in [0.1, 0.15) is 29.9 Å². The summed E-state index contributed by atoms with van der Waals surface area (Å²) >= 11 is 1.76. The molecule has 0 saturated heterocycles. The van der Waals surface area contributed by atoms with Crippen LogP contribution >= 0.6 is 11.3 Å². The van der Waals surface area contributed by atoms with Gasteiger partial charge in [0, 0.05) is 25.2 Å². The third kappa shape index (κ3) is 3.43. The van der Waals surface area contributed by atoms with Gasteiger partial charge in [0.05, 0.1) is 12.2 Å². The van der Waals surface area contributed by atoms with Gasteiger partial charge in [-0.15, -0.1) is 0 Å². The van der Waals surface area contributed by atoms with Gasteiger partial charge in [-0.3, -0.25) is 4.90 Å². The quantitative estimate of drug-likeness (QED) is 0.844. The average Bonchev–Trinajstić information content (AvgIpc) is 2.95. The molecule has 2 heterocycles. The molecule has 2 aromatic rings. The monoisotopic (exact) mass is 277 g/mol. The van der Waals surface area contributed by atoms with Crippen LogP contribution in [-0.2, 0) is 19.6 Å². The van der Waals surface area contributed by atoms with Crippen LogP contribution in [0.5, 0.6) is 0 Å². The van der Waals surface area contributed by atoms with Crippen LogP contribution in [-0.4, -0.2) is 23.1 Å². The molecule has 102 valence electrons. The Morgan fingerprint density at radius 1 is 1.47 bits per heavy atom. The number of aromatic nitrogens is 1. The van der Waals surface area contributed by atoms with Gasteiger partial charge >= 0.3 is 0 Å². The number of nitrogens with one attached hydrogen (secondary N) is 1. The molecule has 4 nitrogen and oxygen atoms in total. The molecule has 1 N–H and O–H groups in total. The van der Waals surface area contributed by atoms with Gasteiger partial charge in [-0.2, -0.15) is 11.3 Å². The fourth-order valence-corrected chi connectivity index (χ4v) is 2.93. The van der Waals surface area contributed by atoms with Crippen molar-refractivity contribution in [3.63, 3.8) is 0 Å². The molecule has 1 fully saturated rings. The molecule has 1 saturated carbocycles. The van der Waals surface area contributed by atoms with Gasteiger partial charge in [0.2, 0.25) is 0 Å². The molecular formula is C14H19N3OS. The lowest BCUT2D eigenvalue weighted by atomic mass is 10.2. The lowest BCUT2D eigenvalue weighted by molar-refractivity contribution is 0.214. The number of rotatable bonds is 7. The maximum Gasteiger partial charge on any atom is 0.151 e. The number of thiophene rings is 1. The van der Waals surface area contributed by atoms with Crippen LogP contribution in [0.4, 0.5) is 0 Å². The van der Waals surface area contributed by atoms with Gasteiger partial charge < -0.3 is 9.84 Å². The van der Waals surface area contributed by atoms with Gasteiger partial charge in [0.1, 0.15) is 0 Å². The summed E-state index contributed by atoms with van der Waals surface area (Å²) in [7, 11) is 1.92. The lowest BCUT2D eigenvalue weighted by Gasteiger charge is -2.19.